The minimum Gasteiger partial charge on any atom is -0.487 e. The molecule has 1 aliphatic rings. The lowest BCUT2D eigenvalue weighted by Gasteiger charge is -2.36. The third-order valence-electron chi connectivity index (χ3n) is 5.70. The van der Waals surface area contributed by atoms with E-state index in [2.05, 4.69) is 22.5 Å². The highest BCUT2D eigenvalue weighted by Crippen LogP contribution is 2.29. The lowest BCUT2D eigenvalue weighted by atomic mass is 9.80. The molecule has 0 bridgehead atoms. The molecule has 1 aromatic heterocycles. The Bertz CT molecular complexity index is 932. The molecule has 32 heavy (non-hydrogen) atoms. The molecule has 2 N–H and O–H groups in total. The number of ether oxygens (including phenoxy) is 1. The van der Waals surface area contributed by atoms with E-state index in [9.17, 15) is 9.59 Å². The van der Waals surface area contributed by atoms with Crippen molar-refractivity contribution < 1.29 is 14.3 Å². The molecule has 6 nitrogen and oxygen atoms in total. The summed E-state index contributed by atoms with van der Waals surface area (Å²) in [6.07, 6.45) is 9.52. The topological polar surface area (TPSA) is 80.3 Å². The fourth-order valence-electron chi connectivity index (χ4n) is 3.93. The number of benzene rings is 1. The maximum Gasteiger partial charge on any atom is 0.245 e. The van der Waals surface area contributed by atoms with Gasteiger partial charge in [0.05, 0.1) is 10.7 Å². The Morgan fingerprint density at radius 1 is 1.22 bits per heavy atom. The van der Waals surface area contributed by atoms with Gasteiger partial charge in [-0.25, -0.2) is 4.98 Å². The Balaban J connectivity index is 1.65. The summed E-state index contributed by atoms with van der Waals surface area (Å²) < 4.78 is 5.93. The van der Waals surface area contributed by atoms with Crippen LogP contribution in [0.25, 0.3) is 6.08 Å². The van der Waals surface area contributed by atoms with E-state index in [0.29, 0.717) is 31.7 Å². The van der Waals surface area contributed by atoms with Crippen LogP contribution < -0.4 is 15.4 Å². The molecule has 1 fully saturated rings. The number of hydrogen-bond acceptors (Lipinski definition) is 5. The van der Waals surface area contributed by atoms with Crippen LogP contribution in [0.5, 0.6) is 5.75 Å². The van der Waals surface area contributed by atoms with E-state index >= 15 is 0 Å². The van der Waals surface area contributed by atoms with Gasteiger partial charge in [-0.1, -0.05) is 50.8 Å². The number of nitrogens with zero attached hydrogens (tertiary/aromatic N) is 1. The van der Waals surface area contributed by atoms with Crippen LogP contribution >= 0.6 is 11.3 Å². The molecule has 1 saturated carbocycles. The van der Waals surface area contributed by atoms with E-state index in [4.69, 9.17) is 4.74 Å². The number of para-hydroxylation sites is 1. The average molecular weight is 456 g/mol. The monoisotopic (exact) mass is 455 g/mol. The van der Waals surface area contributed by atoms with Crippen LogP contribution in [0.15, 0.2) is 35.7 Å². The van der Waals surface area contributed by atoms with Gasteiger partial charge in [0.1, 0.15) is 17.9 Å². The van der Waals surface area contributed by atoms with Gasteiger partial charge in [0.2, 0.25) is 11.8 Å². The van der Waals surface area contributed by atoms with E-state index < -0.39 is 5.54 Å². The number of rotatable bonds is 10. The van der Waals surface area contributed by atoms with Crippen molar-refractivity contribution in [2.45, 2.75) is 70.9 Å². The largest absolute Gasteiger partial charge is 0.487 e. The summed E-state index contributed by atoms with van der Waals surface area (Å²) in [5.74, 6) is 0.365. The van der Waals surface area contributed by atoms with Crippen LogP contribution in [-0.4, -0.2) is 28.9 Å². The minimum absolute atomic E-state index is 0.0605. The number of amides is 2. The van der Waals surface area contributed by atoms with Crippen molar-refractivity contribution in [2.75, 3.05) is 6.54 Å². The molecule has 1 aromatic carbocycles. The summed E-state index contributed by atoms with van der Waals surface area (Å²) in [6, 6.07) is 7.58. The third-order valence-corrected chi connectivity index (χ3v) is 6.52. The highest BCUT2D eigenvalue weighted by Gasteiger charge is 2.40. The van der Waals surface area contributed by atoms with E-state index in [1.807, 2.05) is 36.6 Å². The van der Waals surface area contributed by atoms with Crippen LogP contribution in [0.1, 0.15) is 68.1 Å². The first-order valence-electron chi connectivity index (χ1n) is 11.4. The van der Waals surface area contributed by atoms with Crippen molar-refractivity contribution in [3.63, 3.8) is 0 Å². The fourth-order valence-corrected chi connectivity index (χ4v) is 4.53. The zero-order valence-electron chi connectivity index (χ0n) is 19.0. The smallest absolute Gasteiger partial charge is 0.245 e. The summed E-state index contributed by atoms with van der Waals surface area (Å²) in [4.78, 5) is 30.1. The van der Waals surface area contributed by atoms with Gasteiger partial charge < -0.3 is 15.4 Å². The first kappa shape index (κ1) is 24.0. The number of nitrogens with one attached hydrogen (secondary N) is 2. The molecule has 0 unspecified atom stereocenters. The summed E-state index contributed by atoms with van der Waals surface area (Å²) in [6.45, 7) is 5.08. The molecule has 0 saturated heterocycles. The van der Waals surface area contributed by atoms with E-state index in [-0.39, 0.29) is 11.8 Å². The van der Waals surface area contributed by atoms with E-state index in [1.165, 1.54) is 6.08 Å². The number of aromatic nitrogens is 1. The normalized spacial score (nSPS) is 15.4. The molecule has 2 aromatic rings. The van der Waals surface area contributed by atoms with Crippen molar-refractivity contribution in [2.24, 2.45) is 0 Å². The predicted octanol–water partition coefficient (Wildman–Crippen LogP) is 4.78. The first-order chi connectivity index (χ1) is 15.5. The molecule has 0 aliphatic heterocycles. The second kappa shape index (κ2) is 11.8. The fraction of sp³-hybridized carbons (Fsp3) is 0.480. The van der Waals surface area contributed by atoms with Crippen molar-refractivity contribution in [1.82, 2.24) is 15.6 Å². The Morgan fingerprint density at radius 3 is 2.72 bits per heavy atom. The van der Waals surface area contributed by atoms with E-state index in [1.54, 1.807) is 17.4 Å². The SMILES string of the molecule is CCCCNC(=O)C1(NC(=O)C=Cc2ccccc2OCc2csc(C)n2)CCCCC1. The molecule has 0 spiro atoms. The molecule has 7 heteroatoms. The van der Waals surface area contributed by atoms with Crippen molar-refractivity contribution in [3.8, 4) is 5.75 Å². The molecule has 3 rings (SSSR count). The molecular formula is C25H33N3O3S. The van der Waals surface area contributed by atoms with Gasteiger partial charge in [-0.05, 0) is 38.3 Å². The second-order valence-corrected chi connectivity index (χ2v) is 9.32. The number of hydrogen-bond donors (Lipinski definition) is 2. The standard InChI is InChI=1S/C25H33N3O3S/c1-3-4-16-26-24(30)25(14-8-5-9-15-25)28-23(29)13-12-20-10-6-7-11-22(20)31-17-21-18-32-19(2)27-21/h6-7,10-13,18H,3-5,8-9,14-17H2,1-2H3,(H,26,30)(H,28,29). The molecular weight excluding hydrogens is 422 g/mol. The molecule has 1 heterocycles. The summed E-state index contributed by atoms with van der Waals surface area (Å²) in [5.41, 5.74) is 0.878. The summed E-state index contributed by atoms with van der Waals surface area (Å²) in [7, 11) is 0. The molecule has 0 radical (unpaired) electrons. The lowest BCUT2D eigenvalue weighted by molar-refractivity contribution is -0.133. The molecule has 0 atom stereocenters. The Hall–Kier alpha value is -2.67. The third kappa shape index (κ3) is 6.66. The van der Waals surface area contributed by atoms with Crippen LogP contribution in [-0.2, 0) is 16.2 Å². The second-order valence-electron chi connectivity index (χ2n) is 8.26. The van der Waals surface area contributed by atoms with Crippen molar-refractivity contribution in [1.29, 1.82) is 0 Å². The average Bonchev–Trinajstić information content (AvgIpc) is 3.22. The molecule has 1 aliphatic carbocycles. The molecule has 172 valence electrons. The Kier molecular flexibility index (Phi) is 8.85. The highest BCUT2D eigenvalue weighted by molar-refractivity contribution is 7.09. The van der Waals surface area contributed by atoms with Crippen molar-refractivity contribution >= 4 is 29.2 Å². The maximum absolute atomic E-state index is 12.9. The summed E-state index contributed by atoms with van der Waals surface area (Å²) in [5, 5.41) is 9.02. The highest BCUT2D eigenvalue weighted by atomic mass is 32.1. The summed E-state index contributed by atoms with van der Waals surface area (Å²) >= 11 is 1.59. The number of carbonyl (C=O) groups excluding carboxylic acids is 2. The van der Waals surface area contributed by atoms with Crippen LogP contribution in [0.3, 0.4) is 0 Å². The van der Waals surface area contributed by atoms with Gasteiger partial charge in [-0.3, -0.25) is 9.59 Å². The first-order valence-corrected chi connectivity index (χ1v) is 12.3. The number of aryl methyl sites for hydroxylation is 1. The van der Waals surface area contributed by atoms with Gasteiger partial charge in [0, 0.05) is 23.6 Å². The maximum atomic E-state index is 12.9. The van der Waals surface area contributed by atoms with Crippen LogP contribution in [0.4, 0.5) is 0 Å². The van der Waals surface area contributed by atoms with Crippen LogP contribution in [0, 0.1) is 6.92 Å². The number of unbranched alkanes of at least 4 members (excludes halogenated alkanes) is 1. The van der Waals surface area contributed by atoms with Gasteiger partial charge in [0.15, 0.2) is 0 Å². The number of carbonyl (C=O) groups is 2. The van der Waals surface area contributed by atoms with Crippen molar-refractivity contribution in [3.05, 3.63) is 52.0 Å². The molecule has 2 amide bonds. The number of thiazole rings is 1. The quantitative estimate of drug-likeness (QED) is 0.399. The predicted molar refractivity (Wildman–Crippen MR) is 129 cm³/mol. The van der Waals surface area contributed by atoms with Crippen LogP contribution in [0.2, 0.25) is 0 Å². The lowest BCUT2D eigenvalue weighted by Crippen LogP contribution is -2.59. The van der Waals surface area contributed by atoms with Gasteiger partial charge >= 0.3 is 0 Å². The Labute approximate surface area is 194 Å². The zero-order valence-corrected chi connectivity index (χ0v) is 19.8. The minimum atomic E-state index is -0.814. The van der Waals surface area contributed by atoms with Gasteiger partial charge in [-0.15, -0.1) is 11.3 Å². The Morgan fingerprint density at radius 2 is 2.00 bits per heavy atom. The van der Waals surface area contributed by atoms with Gasteiger partial charge in [-0.2, -0.15) is 0 Å². The zero-order chi connectivity index (χ0) is 22.8. The van der Waals surface area contributed by atoms with E-state index in [0.717, 1.165) is 48.4 Å². The van der Waals surface area contributed by atoms with Gasteiger partial charge in [0.25, 0.3) is 0 Å².